The molecule has 0 radical (unpaired) electrons. The number of rotatable bonds is 8. The van der Waals surface area contributed by atoms with Crippen molar-refractivity contribution in [3.63, 3.8) is 0 Å². The van der Waals surface area contributed by atoms with Crippen molar-refractivity contribution in [1.82, 2.24) is 10.2 Å². The molecule has 0 saturated carbocycles. The van der Waals surface area contributed by atoms with Gasteiger partial charge < -0.3 is 24.8 Å². The van der Waals surface area contributed by atoms with E-state index in [1.54, 1.807) is 0 Å². The first-order valence-corrected chi connectivity index (χ1v) is 12.1. The molecule has 1 aliphatic carbocycles. The molecule has 4 rings (SSSR count). The molecular weight excluding hydrogens is 448 g/mol. The summed E-state index contributed by atoms with van der Waals surface area (Å²) in [5.74, 6) is -1.24. The van der Waals surface area contributed by atoms with Crippen molar-refractivity contribution in [3.8, 4) is 11.1 Å². The summed E-state index contributed by atoms with van der Waals surface area (Å²) in [5, 5.41) is 12.0. The Kier molecular flexibility index (Phi) is 7.70. The lowest BCUT2D eigenvalue weighted by atomic mass is 9.98. The van der Waals surface area contributed by atoms with E-state index >= 15 is 0 Å². The topological polar surface area (TPSA) is 105 Å². The van der Waals surface area contributed by atoms with Gasteiger partial charge in [0, 0.05) is 12.5 Å². The molecule has 0 bridgehead atoms. The fourth-order valence-electron chi connectivity index (χ4n) is 4.99. The van der Waals surface area contributed by atoms with E-state index in [1.165, 1.54) is 4.90 Å². The Bertz CT molecular complexity index is 1040. The first kappa shape index (κ1) is 24.7. The quantitative estimate of drug-likeness (QED) is 0.598. The molecule has 0 spiro atoms. The van der Waals surface area contributed by atoms with Crippen molar-refractivity contribution in [1.29, 1.82) is 0 Å². The summed E-state index contributed by atoms with van der Waals surface area (Å²) < 4.78 is 11.0. The molecule has 2 aliphatic rings. The highest BCUT2D eigenvalue weighted by Gasteiger charge is 2.35. The van der Waals surface area contributed by atoms with Crippen LogP contribution in [0.1, 0.15) is 43.7 Å². The number of aliphatic carboxylic acids is 1. The summed E-state index contributed by atoms with van der Waals surface area (Å²) in [6.45, 7) is 4.87. The van der Waals surface area contributed by atoms with Crippen LogP contribution >= 0.6 is 0 Å². The second kappa shape index (κ2) is 10.9. The predicted molar refractivity (Wildman–Crippen MR) is 130 cm³/mol. The van der Waals surface area contributed by atoms with E-state index in [9.17, 15) is 19.5 Å². The van der Waals surface area contributed by atoms with Gasteiger partial charge in [-0.05, 0) is 34.6 Å². The standard InChI is InChI=1S/C27H32N2O6/c1-17(2)13-24(26(32)29-11-12-34-15-18(29)14-25(30)31)28-27(33)35-16-23-21-9-5-3-7-19(21)20-8-4-6-10-22(20)23/h3-10,17-18,23-24H,11-16H2,1-2H3,(H,28,33)(H,30,31)/t18?,24-/m1/s1. The minimum absolute atomic E-state index is 0.0772. The molecule has 2 atom stereocenters. The van der Waals surface area contributed by atoms with Crippen molar-refractivity contribution in [3.05, 3.63) is 59.7 Å². The van der Waals surface area contributed by atoms with E-state index in [1.807, 2.05) is 50.2 Å². The lowest BCUT2D eigenvalue weighted by molar-refractivity contribution is -0.147. The van der Waals surface area contributed by atoms with Crippen LogP contribution in [-0.2, 0) is 19.1 Å². The van der Waals surface area contributed by atoms with E-state index in [0.29, 0.717) is 13.0 Å². The number of morpholine rings is 1. The summed E-state index contributed by atoms with van der Waals surface area (Å²) in [6.07, 6.45) is -0.445. The Labute approximate surface area is 205 Å². The van der Waals surface area contributed by atoms with Gasteiger partial charge in [-0.25, -0.2) is 4.79 Å². The molecule has 8 heteroatoms. The molecule has 1 saturated heterocycles. The fraction of sp³-hybridized carbons (Fsp3) is 0.444. The number of fused-ring (bicyclic) bond motifs is 3. The number of carbonyl (C=O) groups excluding carboxylic acids is 2. The first-order chi connectivity index (χ1) is 16.8. The van der Waals surface area contributed by atoms with Crippen LogP contribution < -0.4 is 5.32 Å². The summed E-state index contributed by atoms with van der Waals surface area (Å²) in [4.78, 5) is 39.0. The zero-order valence-electron chi connectivity index (χ0n) is 20.1. The normalized spacial score (nSPS) is 18.0. The lowest BCUT2D eigenvalue weighted by Gasteiger charge is -2.37. The number of nitrogens with one attached hydrogen (secondary N) is 1. The van der Waals surface area contributed by atoms with Gasteiger partial charge in [0.1, 0.15) is 12.6 Å². The third kappa shape index (κ3) is 5.65. The Morgan fingerprint density at radius 1 is 1.09 bits per heavy atom. The molecule has 1 aliphatic heterocycles. The van der Waals surface area contributed by atoms with Gasteiger partial charge in [-0.2, -0.15) is 0 Å². The average Bonchev–Trinajstić information content (AvgIpc) is 3.15. The van der Waals surface area contributed by atoms with E-state index in [4.69, 9.17) is 9.47 Å². The molecule has 35 heavy (non-hydrogen) atoms. The van der Waals surface area contributed by atoms with Gasteiger partial charge in [-0.1, -0.05) is 62.4 Å². The van der Waals surface area contributed by atoms with Crippen LogP contribution in [-0.4, -0.2) is 66.4 Å². The zero-order valence-corrected chi connectivity index (χ0v) is 20.1. The van der Waals surface area contributed by atoms with Gasteiger partial charge in [-0.15, -0.1) is 0 Å². The van der Waals surface area contributed by atoms with Crippen LogP contribution in [0, 0.1) is 5.92 Å². The van der Waals surface area contributed by atoms with Gasteiger partial charge in [-0.3, -0.25) is 9.59 Å². The molecule has 2 amide bonds. The smallest absolute Gasteiger partial charge is 0.407 e. The van der Waals surface area contributed by atoms with E-state index in [0.717, 1.165) is 22.3 Å². The van der Waals surface area contributed by atoms with Gasteiger partial charge in [0.05, 0.1) is 25.7 Å². The fourth-order valence-corrected chi connectivity index (χ4v) is 4.99. The monoisotopic (exact) mass is 480 g/mol. The lowest BCUT2D eigenvalue weighted by Crippen LogP contribution is -2.56. The molecule has 8 nitrogen and oxygen atoms in total. The number of nitrogens with zero attached hydrogens (tertiary/aromatic N) is 1. The van der Waals surface area contributed by atoms with Crippen molar-refractivity contribution in [2.24, 2.45) is 5.92 Å². The molecule has 186 valence electrons. The Balaban J connectivity index is 1.44. The third-order valence-electron chi connectivity index (χ3n) is 6.56. The first-order valence-electron chi connectivity index (χ1n) is 12.1. The number of carboxylic acid groups (broad SMARTS) is 1. The number of alkyl carbamates (subject to hydrolysis) is 1. The Morgan fingerprint density at radius 2 is 1.71 bits per heavy atom. The predicted octanol–water partition coefficient (Wildman–Crippen LogP) is 3.64. The van der Waals surface area contributed by atoms with Crippen LogP contribution in [0.3, 0.4) is 0 Å². The molecule has 1 unspecified atom stereocenters. The SMILES string of the molecule is CC(C)C[C@@H](NC(=O)OCC1c2ccccc2-c2ccccc21)C(=O)N1CCOCC1CC(=O)O. The van der Waals surface area contributed by atoms with E-state index in [2.05, 4.69) is 17.4 Å². The molecular formula is C27H32N2O6. The van der Waals surface area contributed by atoms with Crippen LogP contribution in [0.15, 0.2) is 48.5 Å². The summed E-state index contributed by atoms with van der Waals surface area (Å²) in [7, 11) is 0. The van der Waals surface area contributed by atoms with Gasteiger partial charge >= 0.3 is 12.1 Å². The van der Waals surface area contributed by atoms with Crippen LogP contribution in [0.25, 0.3) is 11.1 Å². The zero-order chi connectivity index (χ0) is 24.9. The summed E-state index contributed by atoms with van der Waals surface area (Å²) in [5.41, 5.74) is 4.51. The van der Waals surface area contributed by atoms with Crippen molar-refractivity contribution in [2.75, 3.05) is 26.4 Å². The minimum atomic E-state index is -0.997. The summed E-state index contributed by atoms with van der Waals surface area (Å²) >= 11 is 0. The summed E-state index contributed by atoms with van der Waals surface area (Å²) in [6, 6.07) is 14.8. The van der Waals surface area contributed by atoms with Crippen LogP contribution in [0.4, 0.5) is 4.79 Å². The van der Waals surface area contributed by atoms with E-state index < -0.39 is 24.1 Å². The van der Waals surface area contributed by atoms with Crippen molar-refractivity contribution in [2.45, 2.75) is 44.7 Å². The number of carboxylic acids is 1. The molecule has 0 aromatic heterocycles. The van der Waals surface area contributed by atoms with Gasteiger partial charge in [0.15, 0.2) is 0 Å². The van der Waals surface area contributed by atoms with E-state index in [-0.39, 0.29) is 43.9 Å². The second-order valence-corrected chi connectivity index (χ2v) is 9.51. The molecule has 1 heterocycles. The van der Waals surface area contributed by atoms with Crippen LogP contribution in [0.5, 0.6) is 0 Å². The van der Waals surface area contributed by atoms with Crippen molar-refractivity contribution < 1.29 is 29.0 Å². The number of carbonyl (C=O) groups is 3. The number of hydrogen-bond acceptors (Lipinski definition) is 5. The number of amides is 2. The maximum Gasteiger partial charge on any atom is 0.407 e. The average molecular weight is 481 g/mol. The molecule has 2 N–H and O–H groups in total. The maximum absolute atomic E-state index is 13.4. The molecule has 1 fully saturated rings. The van der Waals surface area contributed by atoms with Gasteiger partial charge in [0.2, 0.25) is 5.91 Å². The molecule has 2 aromatic rings. The highest BCUT2D eigenvalue weighted by molar-refractivity contribution is 5.86. The second-order valence-electron chi connectivity index (χ2n) is 9.51. The maximum atomic E-state index is 13.4. The number of hydrogen-bond donors (Lipinski definition) is 2. The number of benzene rings is 2. The third-order valence-corrected chi connectivity index (χ3v) is 6.56. The van der Waals surface area contributed by atoms with Crippen molar-refractivity contribution >= 4 is 18.0 Å². The largest absolute Gasteiger partial charge is 0.481 e. The van der Waals surface area contributed by atoms with Gasteiger partial charge in [0.25, 0.3) is 0 Å². The highest BCUT2D eigenvalue weighted by atomic mass is 16.5. The van der Waals surface area contributed by atoms with Crippen LogP contribution in [0.2, 0.25) is 0 Å². The molecule has 2 aromatic carbocycles. The number of ether oxygens (including phenoxy) is 2. The Morgan fingerprint density at radius 3 is 2.31 bits per heavy atom. The highest BCUT2D eigenvalue weighted by Crippen LogP contribution is 2.44. The Hall–Kier alpha value is -3.39. The minimum Gasteiger partial charge on any atom is -0.481 e.